The molecule has 0 spiro atoms. The van der Waals surface area contributed by atoms with Crippen molar-refractivity contribution >= 4 is 27.3 Å². The lowest BCUT2D eigenvalue weighted by Crippen LogP contribution is -2.33. The number of amidine groups is 1. The molecule has 5 rings (SSSR count). The Balaban J connectivity index is 1.34. The molecule has 27 heavy (non-hydrogen) atoms. The fourth-order valence-electron chi connectivity index (χ4n) is 4.22. The Morgan fingerprint density at radius 2 is 2.11 bits per heavy atom. The Morgan fingerprint density at radius 1 is 1.22 bits per heavy atom. The van der Waals surface area contributed by atoms with Crippen molar-refractivity contribution in [1.82, 2.24) is 9.80 Å². The van der Waals surface area contributed by atoms with Crippen LogP contribution in [0.3, 0.4) is 0 Å². The van der Waals surface area contributed by atoms with Gasteiger partial charge in [-0.25, -0.2) is 4.99 Å². The highest BCUT2D eigenvalue weighted by atomic mass is 32.1. The van der Waals surface area contributed by atoms with E-state index in [0.717, 1.165) is 49.7 Å². The monoisotopic (exact) mass is 373 g/mol. The molecule has 2 aromatic rings. The van der Waals surface area contributed by atoms with Gasteiger partial charge in [0.15, 0.2) is 0 Å². The van der Waals surface area contributed by atoms with Crippen molar-refractivity contribution in [2.75, 3.05) is 13.1 Å². The van der Waals surface area contributed by atoms with Gasteiger partial charge in [-0.15, -0.1) is 11.3 Å². The van der Waals surface area contributed by atoms with E-state index in [1.54, 1.807) is 10.4 Å². The average Bonchev–Trinajstić information content (AvgIpc) is 3.06. The fourth-order valence-corrected chi connectivity index (χ4v) is 5.42. The smallest absolute Gasteiger partial charge is 0.137 e. The molecule has 3 nitrogen and oxygen atoms in total. The Bertz CT molecular complexity index is 1050. The Morgan fingerprint density at radius 3 is 3.04 bits per heavy atom. The predicted octanol–water partition coefficient (Wildman–Crippen LogP) is 5.23. The molecule has 0 aliphatic carbocycles. The highest BCUT2D eigenvalue weighted by molar-refractivity contribution is 7.19. The first-order valence-electron chi connectivity index (χ1n) is 9.54. The van der Waals surface area contributed by atoms with Crippen LogP contribution in [0.4, 0.5) is 0 Å². The lowest BCUT2D eigenvalue weighted by molar-refractivity contribution is 0.260. The van der Waals surface area contributed by atoms with Gasteiger partial charge in [0.05, 0.1) is 0 Å². The van der Waals surface area contributed by atoms with E-state index in [-0.39, 0.29) is 0 Å². The van der Waals surface area contributed by atoms with Crippen LogP contribution in [0.2, 0.25) is 0 Å². The largest absolute Gasteiger partial charge is 0.302 e. The summed E-state index contributed by atoms with van der Waals surface area (Å²) in [6.45, 7) is 9.70. The molecule has 4 heterocycles. The fraction of sp³-hybridized carbons (Fsp3) is 0.261. The van der Waals surface area contributed by atoms with Crippen LogP contribution in [-0.2, 0) is 13.0 Å². The number of fused-ring (bicyclic) bond motifs is 4. The van der Waals surface area contributed by atoms with Crippen LogP contribution in [-0.4, -0.2) is 28.7 Å². The number of hydrogen-bond acceptors (Lipinski definition) is 4. The third-order valence-electron chi connectivity index (χ3n) is 5.69. The summed E-state index contributed by atoms with van der Waals surface area (Å²) >= 11 is 1.97. The maximum absolute atomic E-state index is 4.77. The van der Waals surface area contributed by atoms with Crippen LogP contribution in [0.5, 0.6) is 0 Å². The van der Waals surface area contributed by atoms with Gasteiger partial charge in [0, 0.05) is 46.8 Å². The number of aliphatic imine (C=N–C) groups is 1. The molecule has 0 fully saturated rings. The SMILES string of the molecule is C=C1C(CCN2CCc3sc4ccccc4c3C2)=C(C)N=C2C=CC=CN12. The first kappa shape index (κ1) is 16.7. The number of hydrogen-bond donors (Lipinski definition) is 0. The second kappa shape index (κ2) is 6.63. The number of allylic oxidation sites excluding steroid dienone is 4. The molecule has 0 bridgehead atoms. The molecule has 0 radical (unpaired) electrons. The van der Waals surface area contributed by atoms with Gasteiger partial charge in [0.2, 0.25) is 0 Å². The topological polar surface area (TPSA) is 18.8 Å². The van der Waals surface area contributed by atoms with Crippen molar-refractivity contribution < 1.29 is 0 Å². The van der Waals surface area contributed by atoms with Crippen LogP contribution in [0.1, 0.15) is 23.8 Å². The molecule has 4 heteroatoms. The summed E-state index contributed by atoms with van der Waals surface area (Å²) in [6.07, 6.45) is 10.3. The van der Waals surface area contributed by atoms with E-state index >= 15 is 0 Å². The van der Waals surface area contributed by atoms with E-state index in [1.807, 2.05) is 29.6 Å². The average molecular weight is 374 g/mol. The van der Waals surface area contributed by atoms with Crippen LogP contribution in [0.15, 0.2) is 77.2 Å². The zero-order chi connectivity index (χ0) is 18.4. The molecule has 1 aromatic carbocycles. The molecule has 3 aliphatic heterocycles. The van der Waals surface area contributed by atoms with Gasteiger partial charge in [-0.05, 0) is 54.5 Å². The highest BCUT2D eigenvalue weighted by Crippen LogP contribution is 2.36. The molecule has 1 aromatic heterocycles. The normalized spacial score (nSPS) is 19.5. The molecular weight excluding hydrogens is 350 g/mol. The van der Waals surface area contributed by atoms with Crippen LogP contribution < -0.4 is 0 Å². The molecule has 0 saturated carbocycles. The zero-order valence-electron chi connectivity index (χ0n) is 15.6. The van der Waals surface area contributed by atoms with Crippen molar-refractivity contribution in [3.8, 4) is 0 Å². The maximum atomic E-state index is 4.77. The zero-order valence-corrected chi connectivity index (χ0v) is 16.4. The van der Waals surface area contributed by atoms with Gasteiger partial charge in [-0.2, -0.15) is 0 Å². The lowest BCUT2D eigenvalue weighted by Gasteiger charge is -2.32. The third-order valence-corrected chi connectivity index (χ3v) is 6.97. The summed E-state index contributed by atoms with van der Waals surface area (Å²) in [5, 5.41) is 1.44. The van der Waals surface area contributed by atoms with Gasteiger partial charge in [-0.1, -0.05) is 30.9 Å². The maximum Gasteiger partial charge on any atom is 0.137 e. The minimum atomic E-state index is 0.969. The summed E-state index contributed by atoms with van der Waals surface area (Å²) < 4.78 is 1.43. The van der Waals surface area contributed by atoms with Gasteiger partial charge in [-0.3, -0.25) is 4.90 Å². The van der Waals surface area contributed by atoms with Crippen LogP contribution in [0.25, 0.3) is 10.1 Å². The van der Waals surface area contributed by atoms with Gasteiger partial charge in [0.25, 0.3) is 0 Å². The molecule has 0 unspecified atom stereocenters. The third kappa shape index (κ3) is 2.89. The van der Waals surface area contributed by atoms with E-state index < -0.39 is 0 Å². The first-order valence-corrected chi connectivity index (χ1v) is 10.4. The molecule has 0 saturated heterocycles. The number of thiophene rings is 1. The molecule has 0 atom stereocenters. The Labute approximate surface area is 164 Å². The quantitative estimate of drug-likeness (QED) is 0.733. The molecule has 3 aliphatic rings. The van der Waals surface area contributed by atoms with Crippen molar-refractivity contribution in [3.63, 3.8) is 0 Å². The molecular formula is C23H23N3S. The Kier molecular flexibility index (Phi) is 4.10. The second-order valence-electron chi connectivity index (χ2n) is 7.33. The summed E-state index contributed by atoms with van der Waals surface area (Å²) in [4.78, 5) is 11.0. The van der Waals surface area contributed by atoms with Crippen molar-refractivity contribution in [1.29, 1.82) is 0 Å². The van der Waals surface area contributed by atoms with Gasteiger partial charge < -0.3 is 4.90 Å². The van der Waals surface area contributed by atoms with Crippen molar-refractivity contribution in [3.05, 3.63) is 82.7 Å². The predicted molar refractivity (Wildman–Crippen MR) is 115 cm³/mol. The van der Waals surface area contributed by atoms with E-state index in [0.29, 0.717) is 0 Å². The van der Waals surface area contributed by atoms with Crippen molar-refractivity contribution in [2.24, 2.45) is 4.99 Å². The van der Waals surface area contributed by atoms with E-state index in [4.69, 9.17) is 4.99 Å². The standard InChI is InChI=1S/C23H23N3S/c1-16-18(17(2)26-12-6-5-9-23(26)24-16)10-13-25-14-11-22-20(15-25)19-7-3-4-8-21(19)27-22/h3-9,12H,2,10-11,13-15H2,1H3. The minimum absolute atomic E-state index is 0.969. The molecule has 0 amide bonds. The van der Waals surface area contributed by atoms with Gasteiger partial charge >= 0.3 is 0 Å². The van der Waals surface area contributed by atoms with Crippen molar-refractivity contribution in [2.45, 2.75) is 26.3 Å². The van der Waals surface area contributed by atoms with E-state index in [2.05, 4.69) is 53.8 Å². The molecule has 0 N–H and O–H groups in total. The number of benzene rings is 1. The summed E-state index contributed by atoms with van der Waals surface area (Å²) in [6, 6.07) is 8.82. The van der Waals surface area contributed by atoms with Gasteiger partial charge in [0.1, 0.15) is 5.84 Å². The highest BCUT2D eigenvalue weighted by Gasteiger charge is 2.24. The Hall–Kier alpha value is -2.43. The van der Waals surface area contributed by atoms with Crippen LogP contribution >= 0.6 is 11.3 Å². The number of rotatable bonds is 3. The lowest BCUT2D eigenvalue weighted by atomic mass is 10.0. The van der Waals surface area contributed by atoms with E-state index in [1.165, 1.54) is 15.7 Å². The summed E-state index contributed by atoms with van der Waals surface area (Å²) in [7, 11) is 0. The summed E-state index contributed by atoms with van der Waals surface area (Å²) in [5.41, 5.74) is 4.99. The second-order valence-corrected chi connectivity index (χ2v) is 8.46. The van der Waals surface area contributed by atoms with Crippen LogP contribution in [0, 0.1) is 0 Å². The molecule has 136 valence electrons. The minimum Gasteiger partial charge on any atom is -0.302 e. The number of nitrogens with zero attached hydrogens (tertiary/aromatic N) is 3. The first-order chi connectivity index (χ1) is 13.2. The summed E-state index contributed by atoms with van der Waals surface area (Å²) in [5.74, 6) is 0.969. The van der Waals surface area contributed by atoms with E-state index in [9.17, 15) is 0 Å².